The van der Waals surface area contributed by atoms with Crippen molar-refractivity contribution in [2.75, 3.05) is 0 Å². The van der Waals surface area contributed by atoms with E-state index in [9.17, 15) is 0 Å². The molecule has 0 N–H and O–H groups in total. The molecule has 0 aliphatic heterocycles. The van der Waals surface area contributed by atoms with E-state index in [0.29, 0.717) is 17.4 Å². The molecule has 19 heavy (non-hydrogen) atoms. The van der Waals surface area contributed by atoms with Gasteiger partial charge >= 0.3 is 0 Å². The van der Waals surface area contributed by atoms with Gasteiger partial charge in [0.1, 0.15) is 5.82 Å². The van der Waals surface area contributed by atoms with Crippen LogP contribution in [0.3, 0.4) is 0 Å². The van der Waals surface area contributed by atoms with Gasteiger partial charge in [-0.25, -0.2) is 4.98 Å². The lowest BCUT2D eigenvalue weighted by Gasteiger charge is -2.29. The fourth-order valence-electron chi connectivity index (χ4n) is 2.90. The smallest absolute Gasteiger partial charge is 0.125 e. The number of halogens is 1. The number of nitriles is 1. The Morgan fingerprint density at radius 3 is 2.79 bits per heavy atom. The van der Waals surface area contributed by atoms with E-state index >= 15 is 0 Å². The Kier molecular flexibility index (Phi) is 2.79. The van der Waals surface area contributed by atoms with Gasteiger partial charge in [-0.15, -0.1) is 11.6 Å². The predicted molar refractivity (Wildman–Crippen MR) is 76.1 cm³/mol. The van der Waals surface area contributed by atoms with Crippen molar-refractivity contribution in [3.05, 3.63) is 29.6 Å². The monoisotopic (exact) mass is 273 g/mol. The van der Waals surface area contributed by atoms with E-state index < -0.39 is 0 Å². The van der Waals surface area contributed by atoms with Crippen molar-refractivity contribution in [1.82, 2.24) is 9.55 Å². The summed E-state index contributed by atoms with van der Waals surface area (Å²) >= 11 is 6.06. The lowest BCUT2D eigenvalue weighted by atomic mass is 9.97. The van der Waals surface area contributed by atoms with Crippen LogP contribution in [0, 0.1) is 17.2 Å². The van der Waals surface area contributed by atoms with E-state index in [1.807, 2.05) is 18.2 Å². The maximum absolute atomic E-state index is 9.07. The van der Waals surface area contributed by atoms with Gasteiger partial charge in [0.15, 0.2) is 0 Å². The topological polar surface area (TPSA) is 41.6 Å². The molecule has 1 aliphatic rings. The molecular weight excluding hydrogens is 258 g/mol. The summed E-state index contributed by atoms with van der Waals surface area (Å²) in [5, 5.41) is 9.07. The molecule has 4 heteroatoms. The van der Waals surface area contributed by atoms with Gasteiger partial charge in [-0.05, 0) is 50.8 Å². The average molecular weight is 274 g/mol. The third-order valence-corrected chi connectivity index (χ3v) is 4.36. The molecule has 0 spiro atoms. The molecule has 0 radical (unpaired) electrons. The van der Waals surface area contributed by atoms with Crippen LogP contribution in [0.4, 0.5) is 0 Å². The Hall–Kier alpha value is -1.53. The molecule has 0 amide bonds. The zero-order valence-corrected chi connectivity index (χ0v) is 11.9. The van der Waals surface area contributed by atoms with Crippen molar-refractivity contribution >= 4 is 22.6 Å². The minimum absolute atomic E-state index is 0.00700. The van der Waals surface area contributed by atoms with Crippen LogP contribution in [0.1, 0.15) is 38.1 Å². The van der Waals surface area contributed by atoms with Crippen molar-refractivity contribution in [3.8, 4) is 6.07 Å². The molecule has 1 saturated carbocycles. The van der Waals surface area contributed by atoms with Crippen LogP contribution in [0.2, 0.25) is 0 Å². The summed E-state index contributed by atoms with van der Waals surface area (Å²) in [6.07, 6.45) is 2.51. The van der Waals surface area contributed by atoms with Gasteiger partial charge < -0.3 is 4.57 Å². The maximum atomic E-state index is 9.07. The lowest BCUT2D eigenvalue weighted by molar-refractivity contribution is 0.306. The molecule has 2 aromatic rings. The standard InChI is InChI=1S/C15H16ClN3/c1-15(2,11-4-5-11)19-13-7-10(9-17)3-6-12(13)18-14(19)8-16/h3,6-7,11H,4-5,8H2,1-2H3. The third-order valence-electron chi connectivity index (χ3n) is 4.13. The Morgan fingerprint density at radius 1 is 1.47 bits per heavy atom. The van der Waals surface area contributed by atoms with Crippen molar-refractivity contribution in [3.63, 3.8) is 0 Å². The summed E-state index contributed by atoms with van der Waals surface area (Å²) in [6.45, 7) is 4.47. The van der Waals surface area contributed by atoms with E-state index in [1.54, 1.807) is 0 Å². The number of rotatable bonds is 3. The SMILES string of the molecule is CC(C)(C1CC1)n1c(CCl)nc2ccc(C#N)cc21. The molecule has 3 nitrogen and oxygen atoms in total. The Balaban J connectivity index is 2.28. The molecule has 98 valence electrons. The molecule has 1 aromatic carbocycles. The second-order valence-corrected chi connectivity index (χ2v) is 6.01. The number of aromatic nitrogens is 2. The summed E-state index contributed by atoms with van der Waals surface area (Å²) in [6, 6.07) is 7.83. The molecule has 1 fully saturated rings. The van der Waals surface area contributed by atoms with Crippen LogP contribution >= 0.6 is 11.6 Å². The largest absolute Gasteiger partial charge is 0.321 e. The van der Waals surface area contributed by atoms with Crippen LogP contribution in [0.5, 0.6) is 0 Å². The normalized spacial score (nSPS) is 15.7. The summed E-state index contributed by atoms with van der Waals surface area (Å²) in [4.78, 5) is 4.60. The number of hydrogen-bond acceptors (Lipinski definition) is 2. The highest BCUT2D eigenvalue weighted by Gasteiger charge is 2.41. The number of hydrogen-bond donors (Lipinski definition) is 0. The van der Waals surface area contributed by atoms with Gasteiger partial charge in [0.05, 0.1) is 28.5 Å². The first kappa shape index (κ1) is 12.5. The van der Waals surface area contributed by atoms with E-state index in [2.05, 4.69) is 29.5 Å². The van der Waals surface area contributed by atoms with Gasteiger partial charge in [0, 0.05) is 5.54 Å². The number of imidazole rings is 1. The molecule has 3 rings (SSSR count). The summed E-state index contributed by atoms with van der Waals surface area (Å²) in [5.74, 6) is 1.97. The zero-order chi connectivity index (χ0) is 13.6. The maximum Gasteiger partial charge on any atom is 0.125 e. The van der Waals surface area contributed by atoms with Gasteiger partial charge in [-0.3, -0.25) is 0 Å². The molecule has 0 atom stereocenters. The second kappa shape index (κ2) is 4.25. The Morgan fingerprint density at radius 2 is 2.21 bits per heavy atom. The van der Waals surface area contributed by atoms with Gasteiger partial charge in [-0.2, -0.15) is 5.26 Å². The van der Waals surface area contributed by atoms with E-state index in [4.69, 9.17) is 16.9 Å². The van der Waals surface area contributed by atoms with Crippen LogP contribution in [0.25, 0.3) is 11.0 Å². The summed E-state index contributed by atoms with van der Waals surface area (Å²) in [5.41, 5.74) is 2.61. The minimum atomic E-state index is 0.00700. The molecule has 1 aliphatic carbocycles. The summed E-state index contributed by atoms with van der Waals surface area (Å²) in [7, 11) is 0. The molecule has 1 aromatic heterocycles. The fourth-order valence-corrected chi connectivity index (χ4v) is 3.08. The average Bonchev–Trinajstić information content (AvgIpc) is 3.19. The number of fused-ring (bicyclic) bond motifs is 1. The highest BCUT2D eigenvalue weighted by Crippen LogP contribution is 2.45. The first-order valence-corrected chi connectivity index (χ1v) is 7.09. The van der Waals surface area contributed by atoms with Crippen LogP contribution in [0.15, 0.2) is 18.2 Å². The van der Waals surface area contributed by atoms with Crippen molar-refractivity contribution in [1.29, 1.82) is 5.26 Å². The van der Waals surface area contributed by atoms with Gasteiger partial charge in [0.25, 0.3) is 0 Å². The minimum Gasteiger partial charge on any atom is -0.321 e. The van der Waals surface area contributed by atoms with Crippen LogP contribution in [-0.2, 0) is 11.4 Å². The van der Waals surface area contributed by atoms with Gasteiger partial charge in [0.2, 0.25) is 0 Å². The number of nitrogens with zero attached hydrogens (tertiary/aromatic N) is 3. The first-order chi connectivity index (χ1) is 9.07. The quantitative estimate of drug-likeness (QED) is 0.799. The van der Waals surface area contributed by atoms with E-state index in [1.165, 1.54) is 12.8 Å². The molecule has 1 heterocycles. The fraction of sp³-hybridized carbons (Fsp3) is 0.467. The van der Waals surface area contributed by atoms with Crippen LogP contribution < -0.4 is 0 Å². The highest BCUT2D eigenvalue weighted by atomic mass is 35.5. The Labute approximate surface area is 117 Å². The second-order valence-electron chi connectivity index (χ2n) is 5.74. The molecule has 0 saturated heterocycles. The lowest BCUT2D eigenvalue weighted by Crippen LogP contribution is -2.30. The zero-order valence-electron chi connectivity index (χ0n) is 11.2. The molecule has 0 bridgehead atoms. The van der Waals surface area contributed by atoms with Crippen LogP contribution in [-0.4, -0.2) is 9.55 Å². The highest BCUT2D eigenvalue weighted by molar-refractivity contribution is 6.16. The summed E-state index contributed by atoms with van der Waals surface area (Å²) < 4.78 is 2.23. The molecule has 0 unspecified atom stereocenters. The van der Waals surface area contributed by atoms with E-state index in [0.717, 1.165) is 16.9 Å². The van der Waals surface area contributed by atoms with Gasteiger partial charge in [-0.1, -0.05) is 0 Å². The number of alkyl halides is 1. The Bertz CT molecular complexity index is 674. The predicted octanol–water partition coefficient (Wildman–Crippen LogP) is 3.79. The molecular formula is C15H16ClN3. The van der Waals surface area contributed by atoms with Crippen molar-refractivity contribution < 1.29 is 0 Å². The first-order valence-electron chi connectivity index (χ1n) is 6.56. The third kappa shape index (κ3) is 1.91. The number of benzene rings is 1. The van der Waals surface area contributed by atoms with E-state index in [-0.39, 0.29) is 5.54 Å². The van der Waals surface area contributed by atoms with Crippen molar-refractivity contribution in [2.45, 2.75) is 38.1 Å². The van der Waals surface area contributed by atoms with Crippen molar-refractivity contribution in [2.24, 2.45) is 5.92 Å².